The first-order valence-corrected chi connectivity index (χ1v) is 10.1. The highest BCUT2D eigenvalue weighted by molar-refractivity contribution is 5.63. The van der Waals surface area contributed by atoms with Crippen LogP contribution in [0.1, 0.15) is 19.3 Å². The highest BCUT2D eigenvalue weighted by Gasteiger charge is 2.27. The Labute approximate surface area is 170 Å². The average molecular weight is 400 g/mol. The van der Waals surface area contributed by atoms with Crippen LogP contribution in [0.2, 0.25) is 0 Å². The number of hydrogen-bond acceptors (Lipinski definition) is 10. The van der Waals surface area contributed by atoms with Crippen molar-refractivity contribution < 1.29 is 5.11 Å². The molecule has 2 saturated heterocycles. The molecule has 10 nitrogen and oxygen atoms in total. The fraction of sp³-hybridized carbons (Fsp3) is 0.526. The van der Waals surface area contributed by atoms with Crippen molar-refractivity contribution >= 4 is 23.5 Å². The SMILES string of the molecule is N[C@@H]1CCCN(c2nc(Nc3ccccc3O)nc(N3C[C@H](N)C[C@H](N)C3)n2)C1. The molecular formula is C19H29N9O. The van der Waals surface area contributed by atoms with Crippen molar-refractivity contribution in [3.05, 3.63) is 24.3 Å². The molecule has 2 aliphatic rings. The van der Waals surface area contributed by atoms with E-state index in [0.29, 0.717) is 43.2 Å². The van der Waals surface area contributed by atoms with Gasteiger partial charge in [-0.15, -0.1) is 0 Å². The smallest absolute Gasteiger partial charge is 0.233 e. The molecule has 0 unspecified atom stereocenters. The van der Waals surface area contributed by atoms with Crippen molar-refractivity contribution in [3.8, 4) is 5.75 Å². The Balaban J connectivity index is 1.68. The van der Waals surface area contributed by atoms with Crippen LogP contribution in [0.15, 0.2) is 24.3 Å². The molecule has 0 radical (unpaired) electrons. The summed E-state index contributed by atoms with van der Waals surface area (Å²) < 4.78 is 0. The van der Waals surface area contributed by atoms with E-state index in [2.05, 4.69) is 20.2 Å². The molecule has 2 aromatic rings. The Morgan fingerprint density at radius 2 is 1.55 bits per heavy atom. The summed E-state index contributed by atoms with van der Waals surface area (Å²) >= 11 is 0. The van der Waals surface area contributed by atoms with Gasteiger partial charge in [-0.2, -0.15) is 15.0 Å². The highest BCUT2D eigenvalue weighted by Crippen LogP contribution is 2.27. The van der Waals surface area contributed by atoms with Crippen molar-refractivity contribution in [3.63, 3.8) is 0 Å². The fourth-order valence-electron chi connectivity index (χ4n) is 3.93. The van der Waals surface area contributed by atoms with E-state index >= 15 is 0 Å². The Morgan fingerprint density at radius 3 is 2.24 bits per heavy atom. The van der Waals surface area contributed by atoms with Crippen molar-refractivity contribution in [1.82, 2.24) is 15.0 Å². The van der Waals surface area contributed by atoms with Gasteiger partial charge in [-0.1, -0.05) is 12.1 Å². The zero-order chi connectivity index (χ0) is 20.4. The number of nitrogens with one attached hydrogen (secondary N) is 1. The van der Waals surface area contributed by atoms with Crippen LogP contribution in [0.5, 0.6) is 5.75 Å². The van der Waals surface area contributed by atoms with Gasteiger partial charge in [0.05, 0.1) is 5.69 Å². The maximum atomic E-state index is 10.1. The topological polar surface area (TPSA) is 155 Å². The molecule has 0 spiro atoms. The van der Waals surface area contributed by atoms with Crippen molar-refractivity contribution in [2.45, 2.75) is 37.4 Å². The summed E-state index contributed by atoms with van der Waals surface area (Å²) in [6.45, 7) is 2.80. The minimum atomic E-state index is -0.0306. The van der Waals surface area contributed by atoms with Crippen LogP contribution in [-0.4, -0.2) is 64.4 Å². The summed E-state index contributed by atoms with van der Waals surface area (Å²) in [5, 5.41) is 13.2. The minimum absolute atomic E-state index is 0.0306. The van der Waals surface area contributed by atoms with Gasteiger partial charge in [0.1, 0.15) is 5.75 Å². The highest BCUT2D eigenvalue weighted by atomic mass is 16.3. The summed E-state index contributed by atoms with van der Waals surface area (Å²) in [7, 11) is 0. The molecule has 0 saturated carbocycles. The molecule has 4 rings (SSSR count). The summed E-state index contributed by atoms with van der Waals surface area (Å²) in [5.41, 5.74) is 19.0. The second-order valence-corrected chi connectivity index (χ2v) is 7.91. The van der Waals surface area contributed by atoms with Crippen molar-refractivity contribution in [2.24, 2.45) is 17.2 Å². The molecule has 29 heavy (non-hydrogen) atoms. The average Bonchev–Trinajstić information content (AvgIpc) is 2.69. The Hall–Kier alpha value is -2.69. The maximum absolute atomic E-state index is 10.1. The monoisotopic (exact) mass is 399 g/mol. The van der Waals surface area contributed by atoms with E-state index in [1.165, 1.54) is 0 Å². The molecule has 156 valence electrons. The Kier molecular flexibility index (Phi) is 5.65. The van der Waals surface area contributed by atoms with Gasteiger partial charge in [-0.05, 0) is 31.4 Å². The van der Waals surface area contributed by atoms with Crippen molar-refractivity contribution in [2.75, 3.05) is 41.3 Å². The number of para-hydroxylation sites is 2. The second kappa shape index (κ2) is 8.36. The molecule has 3 atom stereocenters. The van der Waals surface area contributed by atoms with Gasteiger partial charge in [0.25, 0.3) is 0 Å². The van der Waals surface area contributed by atoms with E-state index in [9.17, 15) is 5.11 Å². The van der Waals surface area contributed by atoms with Gasteiger partial charge >= 0.3 is 0 Å². The Bertz CT molecular complexity index is 838. The molecule has 3 heterocycles. The van der Waals surface area contributed by atoms with Gasteiger partial charge in [-0.25, -0.2) is 0 Å². The second-order valence-electron chi connectivity index (χ2n) is 7.91. The molecule has 2 fully saturated rings. The molecule has 2 aliphatic heterocycles. The van der Waals surface area contributed by atoms with E-state index < -0.39 is 0 Å². The van der Waals surface area contributed by atoms with Crippen LogP contribution in [0.4, 0.5) is 23.5 Å². The number of phenols is 1. The molecule has 1 aromatic carbocycles. The first-order valence-electron chi connectivity index (χ1n) is 10.1. The van der Waals surface area contributed by atoms with Gasteiger partial charge in [0.15, 0.2) is 0 Å². The van der Waals surface area contributed by atoms with Gasteiger partial charge in [0.2, 0.25) is 17.8 Å². The quantitative estimate of drug-likeness (QED) is 0.447. The van der Waals surface area contributed by atoms with Gasteiger partial charge in [0, 0.05) is 44.3 Å². The third-order valence-electron chi connectivity index (χ3n) is 5.30. The van der Waals surface area contributed by atoms with Crippen LogP contribution >= 0.6 is 0 Å². The third kappa shape index (κ3) is 4.66. The largest absolute Gasteiger partial charge is 0.506 e. The van der Waals surface area contributed by atoms with E-state index in [-0.39, 0.29) is 23.9 Å². The molecule has 10 heteroatoms. The number of aromatic nitrogens is 3. The third-order valence-corrected chi connectivity index (χ3v) is 5.30. The summed E-state index contributed by atoms with van der Waals surface area (Å²) in [6, 6.07) is 7.00. The van der Waals surface area contributed by atoms with Crippen LogP contribution in [-0.2, 0) is 0 Å². The summed E-state index contributed by atoms with van der Waals surface area (Å²) in [5.74, 6) is 1.57. The van der Waals surface area contributed by atoms with E-state index in [1.807, 2.05) is 11.0 Å². The number of benzene rings is 1. The summed E-state index contributed by atoms with van der Waals surface area (Å²) in [4.78, 5) is 18.0. The van der Waals surface area contributed by atoms with Crippen LogP contribution in [0, 0.1) is 0 Å². The number of phenolic OH excluding ortho intramolecular Hbond substituents is 1. The van der Waals surface area contributed by atoms with E-state index in [1.54, 1.807) is 18.2 Å². The number of hydrogen-bond donors (Lipinski definition) is 5. The zero-order valence-electron chi connectivity index (χ0n) is 16.4. The molecular weight excluding hydrogens is 370 g/mol. The van der Waals surface area contributed by atoms with E-state index in [4.69, 9.17) is 22.2 Å². The molecule has 8 N–H and O–H groups in total. The first kappa shape index (κ1) is 19.6. The lowest BCUT2D eigenvalue weighted by Gasteiger charge is -2.35. The molecule has 1 aromatic heterocycles. The van der Waals surface area contributed by atoms with Gasteiger partial charge < -0.3 is 37.4 Å². The normalized spacial score (nSPS) is 25.1. The number of nitrogens with zero attached hydrogens (tertiary/aromatic N) is 5. The number of nitrogens with two attached hydrogens (primary N) is 3. The lowest BCUT2D eigenvalue weighted by atomic mass is 10.0. The standard InChI is InChI=1S/C19H29N9O/c20-12-4-3-7-27(9-12)18-24-17(23-15-5-1-2-6-16(15)29)25-19(26-18)28-10-13(21)8-14(22)11-28/h1-2,5-6,12-14,29H,3-4,7-11,20-22H2,(H,23,24,25,26)/t12-,13-,14+/m1/s1. The van der Waals surface area contributed by atoms with Gasteiger partial charge in [-0.3, -0.25) is 0 Å². The van der Waals surface area contributed by atoms with Crippen LogP contribution < -0.4 is 32.3 Å². The van der Waals surface area contributed by atoms with Crippen LogP contribution in [0.3, 0.4) is 0 Å². The summed E-state index contributed by atoms with van der Waals surface area (Å²) in [6.07, 6.45) is 2.76. The maximum Gasteiger partial charge on any atom is 0.233 e. The molecule has 0 aliphatic carbocycles. The molecule has 0 bridgehead atoms. The lowest BCUT2D eigenvalue weighted by molar-refractivity contribution is 0.446. The number of piperidine rings is 2. The predicted molar refractivity (Wildman–Crippen MR) is 113 cm³/mol. The predicted octanol–water partition coefficient (Wildman–Crippen LogP) is 0.113. The van der Waals surface area contributed by atoms with Crippen molar-refractivity contribution in [1.29, 1.82) is 0 Å². The number of rotatable bonds is 4. The minimum Gasteiger partial charge on any atom is -0.506 e. The lowest BCUT2D eigenvalue weighted by Crippen LogP contribution is -2.53. The van der Waals surface area contributed by atoms with E-state index in [0.717, 1.165) is 25.8 Å². The molecule has 0 amide bonds. The first-order chi connectivity index (χ1) is 14.0. The van der Waals surface area contributed by atoms with Crippen LogP contribution in [0.25, 0.3) is 0 Å². The fourth-order valence-corrected chi connectivity index (χ4v) is 3.93. The Morgan fingerprint density at radius 1 is 0.897 bits per heavy atom. The number of anilines is 4. The zero-order valence-corrected chi connectivity index (χ0v) is 16.4. The number of aromatic hydroxyl groups is 1.